The van der Waals surface area contributed by atoms with Crippen LogP contribution in [0.25, 0.3) is 22.6 Å². The van der Waals surface area contributed by atoms with Crippen molar-refractivity contribution in [1.82, 2.24) is 19.1 Å². The molecular formula is C16H20N6O4S. The zero-order valence-electron chi connectivity index (χ0n) is 15.6. The lowest BCUT2D eigenvalue weighted by Crippen LogP contribution is -2.36. The fraction of sp³-hybridized carbons (Fsp3) is 0.312. The Bertz CT molecular complexity index is 1270. The largest absolute Gasteiger partial charge is 0.377 e. The van der Waals surface area contributed by atoms with Gasteiger partial charge in [0.05, 0.1) is 11.9 Å². The van der Waals surface area contributed by atoms with Gasteiger partial charge in [-0.25, -0.2) is 18.2 Å². The van der Waals surface area contributed by atoms with Gasteiger partial charge in [0, 0.05) is 39.4 Å². The summed E-state index contributed by atoms with van der Waals surface area (Å²) in [5, 5.41) is 0. The van der Waals surface area contributed by atoms with Gasteiger partial charge in [0.25, 0.3) is 5.56 Å². The number of nitrogens with one attached hydrogen (secondary N) is 2. The van der Waals surface area contributed by atoms with E-state index in [0.717, 1.165) is 10.8 Å². The molecule has 3 aromatic rings. The third kappa shape index (κ3) is 3.33. The van der Waals surface area contributed by atoms with Gasteiger partial charge in [0.1, 0.15) is 11.3 Å². The number of hydrogen-bond acceptors (Lipinski definition) is 6. The van der Waals surface area contributed by atoms with Crippen LogP contribution >= 0.6 is 0 Å². The molecule has 0 radical (unpaired) electrons. The molecule has 2 N–H and O–H groups in total. The van der Waals surface area contributed by atoms with Gasteiger partial charge in [-0.2, -0.15) is 0 Å². The molecule has 0 saturated heterocycles. The number of aromatic amines is 1. The third-order valence-corrected chi connectivity index (χ3v) is 4.74. The van der Waals surface area contributed by atoms with Crippen molar-refractivity contribution in [2.75, 3.05) is 30.0 Å². The quantitative estimate of drug-likeness (QED) is 0.648. The van der Waals surface area contributed by atoms with Crippen molar-refractivity contribution in [1.29, 1.82) is 0 Å². The monoisotopic (exact) mass is 392 g/mol. The van der Waals surface area contributed by atoms with E-state index in [-0.39, 0.29) is 11.2 Å². The van der Waals surface area contributed by atoms with Crippen molar-refractivity contribution in [3.05, 3.63) is 39.0 Å². The number of rotatable bonds is 4. The molecule has 2 aromatic heterocycles. The Kier molecular flexibility index (Phi) is 4.34. The summed E-state index contributed by atoms with van der Waals surface area (Å²) in [6.07, 6.45) is 1.08. The Morgan fingerprint density at radius 1 is 1.15 bits per heavy atom. The first-order chi connectivity index (χ1) is 12.5. The number of nitrogens with zero attached hydrogens (tertiary/aromatic N) is 4. The van der Waals surface area contributed by atoms with Crippen molar-refractivity contribution in [3.63, 3.8) is 0 Å². The summed E-state index contributed by atoms with van der Waals surface area (Å²) in [6.45, 7) is 0. The number of imidazole rings is 1. The molecule has 0 aliphatic heterocycles. The molecule has 11 heteroatoms. The maximum atomic E-state index is 12.4. The molecule has 0 spiro atoms. The van der Waals surface area contributed by atoms with E-state index in [9.17, 15) is 18.0 Å². The Morgan fingerprint density at radius 3 is 2.41 bits per heavy atom. The number of aromatic nitrogens is 4. The molecule has 0 aliphatic carbocycles. The minimum atomic E-state index is -3.41. The summed E-state index contributed by atoms with van der Waals surface area (Å²) in [5.74, 6) is 0.401. The summed E-state index contributed by atoms with van der Waals surface area (Å²) in [5.41, 5.74) is 1.29. The second-order valence-corrected chi connectivity index (χ2v) is 8.24. The van der Waals surface area contributed by atoms with E-state index < -0.39 is 21.3 Å². The van der Waals surface area contributed by atoms with Crippen LogP contribution in [-0.4, -0.2) is 47.9 Å². The van der Waals surface area contributed by atoms with Crippen LogP contribution in [0.5, 0.6) is 0 Å². The molecule has 10 nitrogen and oxygen atoms in total. The van der Waals surface area contributed by atoms with Crippen LogP contribution in [0, 0.1) is 0 Å². The number of sulfonamides is 1. The Labute approximate surface area is 155 Å². The number of H-pyrrole nitrogens is 1. The van der Waals surface area contributed by atoms with Crippen molar-refractivity contribution in [2.24, 2.45) is 14.1 Å². The first kappa shape index (κ1) is 18.7. The minimum Gasteiger partial charge on any atom is -0.377 e. The zero-order valence-corrected chi connectivity index (χ0v) is 16.4. The number of benzene rings is 1. The van der Waals surface area contributed by atoms with Crippen molar-refractivity contribution >= 4 is 32.6 Å². The van der Waals surface area contributed by atoms with E-state index in [1.807, 2.05) is 0 Å². The molecule has 0 unspecified atom stereocenters. The second-order valence-electron chi connectivity index (χ2n) is 6.49. The maximum absolute atomic E-state index is 12.4. The Hall–Kier alpha value is -3.08. The number of aryl methyl sites for hydroxylation is 1. The lowest BCUT2D eigenvalue weighted by atomic mass is 10.1. The highest BCUT2D eigenvalue weighted by atomic mass is 32.2. The van der Waals surface area contributed by atoms with Crippen LogP contribution in [-0.2, 0) is 24.1 Å². The number of fused-ring (bicyclic) bond motifs is 1. The van der Waals surface area contributed by atoms with Gasteiger partial charge in [-0.15, -0.1) is 0 Å². The van der Waals surface area contributed by atoms with Crippen molar-refractivity contribution < 1.29 is 8.42 Å². The fourth-order valence-corrected chi connectivity index (χ4v) is 3.39. The lowest BCUT2D eigenvalue weighted by Gasteiger charge is -2.18. The van der Waals surface area contributed by atoms with Gasteiger partial charge in [-0.05, 0) is 18.2 Å². The molecule has 3 rings (SSSR count). The summed E-state index contributed by atoms with van der Waals surface area (Å²) in [7, 11) is 3.15. The van der Waals surface area contributed by atoms with Gasteiger partial charge >= 0.3 is 5.69 Å². The van der Waals surface area contributed by atoms with Gasteiger partial charge in [0.2, 0.25) is 10.0 Å². The average molecular weight is 392 g/mol. The molecule has 2 heterocycles. The normalized spacial score (nSPS) is 11.7. The van der Waals surface area contributed by atoms with Crippen LogP contribution in [0.3, 0.4) is 0 Å². The van der Waals surface area contributed by atoms with E-state index in [2.05, 4.69) is 14.7 Å². The second kappa shape index (κ2) is 6.27. The molecule has 0 amide bonds. The van der Waals surface area contributed by atoms with Crippen LogP contribution in [0.4, 0.5) is 11.4 Å². The van der Waals surface area contributed by atoms with Gasteiger partial charge in [-0.3, -0.25) is 18.7 Å². The van der Waals surface area contributed by atoms with Crippen LogP contribution < -0.4 is 20.9 Å². The highest BCUT2D eigenvalue weighted by Crippen LogP contribution is 2.31. The molecular weight excluding hydrogens is 372 g/mol. The highest BCUT2D eigenvalue weighted by Gasteiger charge is 2.17. The lowest BCUT2D eigenvalue weighted by molar-refractivity contribution is 0.607. The SMILES string of the molecule is CN(C)c1cc(NS(C)(=O)=O)ccc1-c1nc2c([nH]1)c(=O)n(C)c(=O)n2C. The smallest absolute Gasteiger partial charge is 0.332 e. The summed E-state index contributed by atoms with van der Waals surface area (Å²) in [4.78, 5) is 33.7. The van der Waals surface area contributed by atoms with E-state index >= 15 is 0 Å². The van der Waals surface area contributed by atoms with E-state index in [1.165, 1.54) is 11.6 Å². The average Bonchev–Trinajstić information content (AvgIpc) is 3.02. The Balaban J connectivity index is 2.25. The standard InChI is InChI=1S/C16H20N6O4S/c1-20(2)11-8-9(19-27(5,25)26)6-7-10(11)13-17-12-14(18-13)21(3)16(24)22(4)15(12)23/h6-8,19H,1-5H3,(H,17,18). The Morgan fingerprint density at radius 2 is 1.81 bits per heavy atom. The van der Waals surface area contributed by atoms with Gasteiger partial charge in [0.15, 0.2) is 5.65 Å². The first-order valence-corrected chi connectivity index (χ1v) is 9.84. The van der Waals surface area contributed by atoms with E-state index in [1.54, 1.807) is 44.2 Å². The minimum absolute atomic E-state index is 0.220. The third-order valence-electron chi connectivity index (χ3n) is 4.13. The van der Waals surface area contributed by atoms with Gasteiger partial charge in [-0.1, -0.05) is 0 Å². The molecule has 1 aromatic carbocycles. The van der Waals surface area contributed by atoms with Gasteiger partial charge < -0.3 is 9.88 Å². The molecule has 144 valence electrons. The summed E-state index contributed by atoms with van der Waals surface area (Å²) < 4.78 is 27.7. The fourth-order valence-electron chi connectivity index (χ4n) is 2.83. The predicted octanol–water partition coefficient (Wildman–Crippen LogP) is 0.0648. The molecule has 0 atom stereocenters. The zero-order chi connectivity index (χ0) is 20.1. The molecule has 0 bridgehead atoms. The van der Waals surface area contributed by atoms with Crippen LogP contribution in [0.1, 0.15) is 0 Å². The topological polar surface area (TPSA) is 122 Å². The molecule has 0 aliphatic rings. The molecule has 0 saturated carbocycles. The van der Waals surface area contributed by atoms with E-state index in [4.69, 9.17) is 0 Å². The predicted molar refractivity (Wildman–Crippen MR) is 105 cm³/mol. The highest BCUT2D eigenvalue weighted by molar-refractivity contribution is 7.92. The molecule has 0 fully saturated rings. The van der Waals surface area contributed by atoms with Crippen LogP contribution in [0.2, 0.25) is 0 Å². The summed E-state index contributed by atoms with van der Waals surface area (Å²) in [6, 6.07) is 4.97. The van der Waals surface area contributed by atoms with Crippen LogP contribution in [0.15, 0.2) is 27.8 Å². The number of anilines is 2. The van der Waals surface area contributed by atoms with Crippen molar-refractivity contribution in [2.45, 2.75) is 0 Å². The van der Waals surface area contributed by atoms with Crippen molar-refractivity contribution in [3.8, 4) is 11.4 Å². The maximum Gasteiger partial charge on any atom is 0.332 e. The first-order valence-electron chi connectivity index (χ1n) is 7.95. The summed E-state index contributed by atoms with van der Waals surface area (Å²) >= 11 is 0. The molecule has 27 heavy (non-hydrogen) atoms. The van der Waals surface area contributed by atoms with E-state index in [0.29, 0.717) is 22.8 Å². The number of hydrogen-bond donors (Lipinski definition) is 2.